The minimum atomic E-state index is -0.830. The van der Waals surface area contributed by atoms with E-state index < -0.39 is 29.9 Å². The van der Waals surface area contributed by atoms with Crippen LogP contribution in [0.3, 0.4) is 0 Å². The molecule has 2 fully saturated rings. The number of hydrogen-bond acceptors (Lipinski definition) is 6. The van der Waals surface area contributed by atoms with E-state index in [4.69, 9.17) is 4.74 Å². The second kappa shape index (κ2) is 12.3. The molecular formula is C28H37N5O6. The van der Waals surface area contributed by atoms with Crippen LogP contribution in [0.5, 0.6) is 5.75 Å². The van der Waals surface area contributed by atoms with Gasteiger partial charge in [0.25, 0.3) is 5.91 Å². The number of hydrogen-bond donors (Lipinski definition) is 4. The summed E-state index contributed by atoms with van der Waals surface area (Å²) in [4.78, 5) is 68.2. The van der Waals surface area contributed by atoms with Crippen LogP contribution < -0.4 is 20.7 Å². The molecule has 0 unspecified atom stereocenters. The van der Waals surface area contributed by atoms with Crippen LogP contribution in [0.25, 0.3) is 10.9 Å². The van der Waals surface area contributed by atoms with Gasteiger partial charge in [0.05, 0.1) is 13.2 Å². The highest BCUT2D eigenvalue weighted by molar-refractivity contribution is 6.02. The number of benzene rings is 1. The minimum absolute atomic E-state index is 0.105. The van der Waals surface area contributed by atoms with Gasteiger partial charge in [-0.3, -0.25) is 19.2 Å². The molecule has 4 N–H and O–H groups in total. The van der Waals surface area contributed by atoms with E-state index in [-0.39, 0.29) is 30.1 Å². The Morgan fingerprint density at radius 1 is 1.21 bits per heavy atom. The van der Waals surface area contributed by atoms with Gasteiger partial charge in [0.2, 0.25) is 17.7 Å². The number of rotatable bonds is 11. The lowest BCUT2D eigenvalue weighted by atomic mass is 9.98. The second-order valence-electron chi connectivity index (χ2n) is 10.7. The van der Waals surface area contributed by atoms with E-state index in [0.717, 1.165) is 10.9 Å². The first-order valence-electron chi connectivity index (χ1n) is 13.5. The van der Waals surface area contributed by atoms with Crippen LogP contribution in [0.4, 0.5) is 0 Å². The molecule has 1 aromatic carbocycles. The maximum Gasteiger partial charge on any atom is 0.268 e. The Hall–Kier alpha value is -3.89. The van der Waals surface area contributed by atoms with E-state index in [1.165, 1.54) is 4.90 Å². The van der Waals surface area contributed by atoms with Gasteiger partial charge in [-0.2, -0.15) is 0 Å². The Kier molecular flexibility index (Phi) is 8.88. The van der Waals surface area contributed by atoms with Crippen LogP contribution in [0.1, 0.15) is 56.4 Å². The van der Waals surface area contributed by atoms with Crippen molar-refractivity contribution in [3.05, 3.63) is 30.0 Å². The van der Waals surface area contributed by atoms with Gasteiger partial charge in [0.1, 0.15) is 29.8 Å². The lowest BCUT2D eigenvalue weighted by Gasteiger charge is -2.30. The summed E-state index contributed by atoms with van der Waals surface area (Å²) in [6, 6.07) is 4.76. The molecule has 11 nitrogen and oxygen atoms in total. The summed E-state index contributed by atoms with van der Waals surface area (Å²) in [7, 11) is 1.56. The highest BCUT2D eigenvalue weighted by Crippen LogP contribution is 2.26. The van der Waals surface area contributed by atoms with Crippen molar-refractivity contribution in [2.45, 2.75) is 64.1 Å². The summed E-state index contributed by atoms with van der Waals surface area (Å²) < 4.78 is 5.38. The van der Waals surface area contributed by atoms with E-state index in [1.54, 1.807) is 19.2 Å². The van der Waals surface area contributed by atoms with E-state index in [1.807, 2.05) is 26.0 Å². The maximum absolute atomic E-state index is 13.7. The number of methoxy groups -OCH3 is 1. The van der Waals surface area contributed by atoms with Gasteiger partial charge in [0.15, 0.2) is 0 Å². The Morgan fingerprint density at radius 2 is 2.00 bits per heavy atom. The number of amides is 4. The molecule has 4 atom stereocenters. The monoisotopic (exact) mass is 539 g/mol. The second-order valence-corrected chi connectivity index (χ2v) is 10.7. The molecule has 1 aromatic heterocycles. The van der Waals surface area contributed by atoms with Crippen LogP contribution in [-0.2, 0) is 19.2 Å². The number of nitrogens with zero attached hydrogens (tertiary/aromatic N) is 1. The molecule has 0 radical (unpaired) electrons. The number of H-pyrrole nitrogens is 1. The molecule has 3 heterocycles. The Bertz CT molecular complexity index is 1240. The third-order valence-corrected chi connectivity index (χ3v) is 7.43. The lowest BCUT2D eigenvalue weighted by molar-refractivity contribution is -0.140. The zero-order chi connectivity index (χ0) is 28.1. The van der Waals surface area contributed by atoms with Crippen molar-refractivity contribution in [3.8, 4) is 5.75 Å². The van der Waals surface area contributed by atoms with Gasteiger partial charge in [-0.05, 0) is 56.2 Å². The van der Waals surface area contributed by atoms with Gasteiger partial charge >= 0.3 is 0 Å². The van der Waals surface area contributed by atoms with Crippen LogP contribution >= 0.6 is 0 Å². The Labute approximate surface area is 227 Å². The average Bonchev–Trinajstić information content (AvgIpc) is 3.66. The predicted octanol–water partition coefficient (Wildman–Crippen LogP) is 1.52. The number of fused-ring (bicyclic) bond motifs is 1. The fraction of sp³-hybridized carbons (Fsp3) is 0.536. The standard InChI is InChI=1S/C28H37N5O6/c1-16(2)12-22(32-26(36)21-14-19-20(31-21)6-4-8-24(19)39-3)28(38)33-11-5-7-23(33)27(37)30-18(15-34)13-17-9-10-29-25(17)35/h4,6,8,14-18,22-23,31H,5,7,9-13H2,1-3H3,(H,29,35)(H,30,37)(H,32,36)/t17-,18-,22-,23-/m0/s1. The fourth-order valence-electron chi connectivity index (χ4n) is 5.46. The van der Waals surface area contributed by atoms with Gasteiger partial charge in [-0.25, -0.2) is 0 Å². The number of carbonyl (C=O) groups is 5. The Balaban J connectivity index is 1.45. The molecule has 4 amide bonds. The van der Waals surface area contributed by atoms with Gasteiger partial charge in [-0.1, -0.05) is 19.9 Å². The van der Waals surface area contributed by atoms with E-state index in [2.05, 4.69) is 20.9 Å². The molecule has 0 aliphatic carbocycles. The fourth-order valence-corrected chi connectivity index (χ4v) is 5.46. The van der Waals surface area contributed by atoms with Gasteiger partial charge in [0, 0.05) is 29.9 Å². The first kappa shape index (κ1) is 28.1. The normalized spacial score (nSPS) is 20.5. The maximum atomic E-state index is 13.7. The minimum Gasteiger partial charge on any atom is -0.496 e. The van der Waals surface area contributed by atoms with E-state index >= 15 is 0 Å². The van der Waals surface area contributed by atoms with Crippen LogP contribution in [-0.4, -0.2) is 78.1 Å². The first-order chi connectivity index (χ1) is 18.7. The molecule has 2 saturated heterocycles. The number of aromatic nitrogens is 1. The summed E-state index contributed by atoms with van der Waals surface area (Å²) in [6.45, 7) is 4.86. The van der Waals surface area contributed by atoms with Crippen molar-refractivity contribution in [2.24, 2.45) is 11.8 Å². The van der Waals surface area contributed by atoms with Crippen molar-refractivity contribution in [3.63, 3.8) is 0 Å². The SMILES string of the molecule is COc1cccc2[nH]c(C(=O)N[C@@H](CC(C)C)C(=O)N3CCC[C@H]3C(=O)N[C@H](C=O)C[C@@H]3CCNC3=O)cc12. The third-order valence-electron chi connectivity index (χ3n) is 7.43. The number of aldehydes is 1. The van der Waals surface area contributed by atoms with Crippen molar-refractivity contribution in [2.75, 3.05) is 20.2 Å². The molecule has 0 saturated carbocycles. The van der Waals surface area contributed by atoms with Crippen LogP contribution in [0.2, 0.25) is 0 Å². The van der Waals surface area contributed by atoms with Crippen LogP contribution in [0, 0.1) is 11.8 Å². The summed E-state index contributed by atoms with van der Waals surface area (Å²) in [5.41, 5.74) is 1.04. The molecular weight excluding hydrogens is 502 g/mol. The van der Waals surface area contributed by atoms with E-state index in [0.29, 0.717) is 56.5 Å². The number of likely N-dealkylation sites (tertiary alicyclic amines) is 1. The van der Waals surface area contributed by atoms with Crippen molar-refractivity contribution < 1.29 is 28.7 Å². The zero-order valence-corrected chi connectivity index (χ0v) is 22.6. The lowest BCUT2D eigenvalue weighted by Crippen LogP contribution is -2.55. The van der Waals surface area contributed by atoms with Gasteiger partial charge < -0.3 is 35.4 Å². The molecule has 4 rings (SSSR count). The summed E-state index contributed by atoms with van der Waals surface area (Å²) in [5, 5.41) is 9.09. The molecule has 2 aromatic rings. The van der Waals surface area contributed by atoms with E-state index in [9.17, 15) is 24.0 Å². The third kappa shape index (κ3) is 6.40. The van der Waals surface area contributed by atoms with Crippen molar-refractivity contribution in [1.29, 1.82) is 0 Å². The van der Waals surface area contributed by atoms with Gasteiger partial charge in [-0.15, -0.1) is 0 Å². The highest BCUT2D eigenvalue weighted by Gasteiger charge is 2.39. The molecule has 0 spiro atoms. The smallest absolute Gasteiger partial charge is 0.268 e. The zero-order valence-electron chi connectivity index (χ0n) is 22.6. The molecule has 0 bridgehead atoms. The topological polar surface area (TPSA) is 150 Å². The molecule has 11 heteroatoms. The van der Waals surface area contributed by atoms with Crippen LogP contribution in [0.15, 0.2) is 24.3 Å². The molecule has 210 valence electrons. The molecule has 39 heavy (non-hydrogen) atoms. The predicted molar refractivity (Wildman–Crippen MR) is 144 cm³/mol. The summed E-state index contributed by atoms with van der Waals surface area (Å²) in [6.07, 6.45) is 2.96. The highest BCUT2D eigenvalue weighted by atomic mass is 16.5. The quantitative estimate of drug-likeness (QED) is 0.318. The Morgan fingerprint density at radius 3 is 2.67 bits per heavy atom. The molecule has 2 aliphatic rings. The van der Waals surface area contributed by atoms with Crippen molar-refractivity contribution >= 4 is 40.8 Å². The first-order valence-corrected chi connectivity index (χ1v) is 13.5. The largest absolute Gasteiger partial charge is 0.496 e. The summed E-state index contributed by atoms with van der Waals surface area (Å²) in [5.74, 6) is -0.885. The molecule has 2 aliphatic heterocycles. The van der Waals surface area contributed by atoms with Crippen molar-refractivity contribution in [1.82, 2.24) is 25.8 Å². The number of ether oxygens (including phenoxy) is 1. The number of nitrogens with one attached hydrogen (secondary N) is 4. The summed E-state index contributed by atoms with van der Waals surface area (Å²) >= 11 is 0. The average molecular weight is 540 g/mol. The number of carbonyl (C=O) groups excluding carboxylic acids is 5. The number of aromatic amines is 1.